The molecule has 10 rings (SSSR count). The van der Waals surface area contributed by atoms with E-state index in [1.807, 2.05) is 19.1 Å². The second-order valence-electron chi connectivity index (χ2n) is 17.7. The van der Waals surface area contributed by atoms with Gasteiger partial charge in [-0.05, 0) is 147 Å². The van der Waals surface area contributed by atoms with Gasteiger partial charge in [0.15, 0.2) is 0 Å². The zero-order valence-corrected chi connectivity index (χ0v) is 36.6. The molecule has 2 aliphatic rings. The highest BCUT2D eigenvalue weighted by molar-refractivity contribution is 5.96. The predicted octanol–water partition coefficient (Wildman–Crippen LogP) is 16.5. The molecule has 0 atom stereocenters. The summed E-state index contributed by atoms with van der Waals surface area (Å²) in [5, 5.41) is 0. The Balaban J connectivity index is 1.20. The molecule has 0 unspecified atom stereocenters. The van der Waals surface area contributed by atoms with E-state index in [4.69, 9.17) is 6.42 Å². The van der Waals surface area contributed by atoms with E-state index in [2.05, 4.69) is 238 Å². The van der Waals surface area contributed by atoms with Crippen molar-refractivity contribution in [1.29, 1.82) is 0 Å². The number of anilines is 6. The van der Waals surface area contributed by atoms with E-state index >= 15 is 0 Å². The number of benzene rings is 8. The van der Waals surface area contributed by atoms with Gasteiger partial charge in [0.1, 0.15) is 0 Å². The molecular weight excluding hydrogens is 761 g/mol. The number of nitrogens with zero attached hydrogens (tertiary/aromatic N) is 2. The fraction of sp³-hybridized carbons (Fsp3) is 0.115. The Kier molecular flexibility index (Phi) is 9.85. The Bertz CT molecular complexity index is 3070. The fourth-order valence-corrected chi connectivity index (χ4v) is 10.1. The molecule has 0 heterocycles. The molecule has 0 spiro atoms. The Morgan fingerprint density at radius 3 is 1.51 bits per heavy atom. The second-order valence-corrected chi connectivity index (χ2v) is 17.7. The van der Waals surface area contributed by atoms with Gasteiger partial charge in [-0.2, -0.15) is 0 Å². The maximum Gasteiger partial charge on any atom is 0.0543 e. The average molecular weight is 811 g/mol. The summed E-state index contributed by atoms with van der Waals surface area (Å²) in [5.74, 6) is 2.75. The lowest BCUT2D eigenvalue weighted by Gasteiger charge is -2.32. The summed E-state index contributed by atoms with van der Waals surface area (Å²) in [6.07, 6.45) is 11.8. The third-order valence-corrected chi connectivity index (χ3v) is 13.3. The summed E-state index contributed by atoms with van der Waals surface area (Å²) in [6.45, 7) is 11.5. The summed E-state index contributed by atoms with van der Waals surface area (Å²) in [4.78, 5) is 4.80. The van der Waals surface area contributed by atoms with Crippen LogP contribution in [-0.4, -0.2) is 0 Å². The van der Waals surface area contributed by atoms with Crippen LogP contribution >= 0.6 is 0 Å². The standard InChI is InChI=1S/C61H50N2/c1-7-19-42(20-8-2)43-29-33-48(34-30-43)63(49-37-38-52-50-25-15-17-27-55(50)60(3,4)57(52)39-49)59-41-58-54(51-26-16-18-28-56(51)61(58,5)6)40-53(59)44-31-35-47(36-32-44)62(45-21-11-9-12-22-45)46-23-13-10-14-24-46/h1,8-41H,2-6H3/b20-8-,42-19+. The molecule has 304 valence electrons. The topological polar surface area (TPSA) is 6.48 Å². The van der Waals surface area contributed by atoms with E-state index in [-0.39, 0.29) is 10.8 Å². The first kappa shape index (κ1) is 39.5. The Morgan fingerprint density at radius 2 is 0.921 bits per heavy atom. The highest BCUT2D eigenvalue weighted by Gasteiger charge is 2.38. The number of rotatable bonds is 9. The van der Waals surface area contributed by atoms with Gasteiger partial charge in [0.2, 0.25) is 0 Å². The minimum Gasteiger partial charge on any atom is -0.311 e. The third kappa shape index (κ3) is 6.69. The van der Waals surface area contributed by atoms with Crippen molar-refractivity contribution in [2.45, 2.75) is 45.4 Å². The van der Waals surface area contributed by atoms with Crippen molar-refractivity contribution in [3.63, 3.8) is 0 Å². The molecule has 0 saturated carbocycles. The van der Waals surface area contributed by atoms with Crippen molar-refractivity contribution < 1.29 is 0 Å². The Labute approximate surface area is 373 Å². The maximum atomic E-state index is 5.81. The lowest BCUT2D eigenvalue weighted by atomic mass is 9.81. The molecule has 0 aromatic heterocycles. The number of hydrogen-bond donors (Lipinski definition) is 0. The zero-order chi connectivity index (χ0) is 43.3. The van der Waals surface area contributed by atoms with Crippen LogP contribution in [0.3, 0.4) is 0 Å². The number of para-hydroxylation sites is 2. The van der Waals surface area contributed by atoms with Gasteiger partial charge in [-0.15, -0.1) is 6.42 Å². The minimum atomic E-state index is -0.201. The van der Waals surface area contributed by atoms with Crippen LogP contribution in [0.4, 0.5) is 34.1 Å². The lowest BCUT2D eigenvalue weighted by molar-refractivity contribution is 0.660. The van der Waals surface area contributed by atoms with Crippen LogP contribution in [0.1, 0.15) is 62.4 Å². The van der Waals surface area contributed by atoms with Crippen LogP contribution in [-0.2, 0) is 10.8 Å². The largest absolute Gasteiger partial charge is 0.311 e. The second kappa shape index (κ2) is 15.7. The van der Waals surface area contributed by atoms with E-state index < -0.39 is 0 Å². The molecule has 0 radical (unpaired) electrons. The molecule has 0 aliphatic heterocycles. The minimum absolute atomic E-state index is 0.164. The van der Waals surface area contributed by atoms with Crippen LogP contribution < -0.4 is 9.80 Å². The molecule has 0 fully saturated rings. The van der Waals surface area contributed by atoms with Crippen molar-refractivity contribution in [3.05, 3.63) is 234 Å². The predicted molar refractivity (Wildman–Crippen MR) is 268 cm³/mol. The highest BCUT2D eigenvalue weighted by atomic mass is 15.1. The van der Waals surface area contributed by atoms with Gasteiger partial charge in [0.25, 0.3) is 0 Å². The van der Waals surface area contributed by atoms with Gasteiger partial charge in [-0.25, -0.2) is 0 Å². The van der Waals surface area contributed by atoms with Gasteiger partial charge in [-0.1, -0.05) is 161 Å². The molecular formula is C61H50N2. The third-order valence-electron chi connectivity index (χ3n) is 13.3. The number of hydrogen-bond acceptors (Lipinski definition) is 2. The zero-order valence-electron chi connectivity index (χ0n) is 36.6. The Morgan fingerprint density at radius 1 is 0.444 bits per heavy atom. The summed E-state index contributed by atoms with van der Waals surface area (Å²) in [7, 11) is 0. The maximum absolute atomic E-state index is 5.81. The molecule has 8 aromatic rings. The van der Waals surface area contributed by atoms with Crippen molar-refractivity contribution in [3.8, 4) is 45.7 Å². The fourth-order valence-electron chi connectivity index (χ4n) is 10.1. The van der Waals surface area contributed by atoms with Crippen molar-refractivity contribution in [1.82, 2.24) is 0 Å². The number of terminal acetylenes is 1. The van der Waals surface area contributed by atoms with Gasteiger partial charge >= 0.3 is 0 Å². The average Bonchev–Trinajstić information content (AvgIpc) is 3.69. The molecule has 0 bridgehead atoms. The highest BCUT2D eigenvalue weighted by Crippen LogP contribution is 2.55. The number of fused-ring (bicyclic) bond motifs is 6. The normalized spacial score (nSPS) is 14.1. The van der Waals surface area contributed by atoms with E-state index in [0.29, 0.717) is 0 Å². The van der Waals surface area contributed by atoms with E-state index in [0.717, 1.165) is 56.4 Å². The molecule has 8 aromatic carbocycles. The first-order chi connectivity index (χ1) is 30.7. The molecule has 2 heteroatoms. The molecule has 63 heavy (non-hydrogen) atoms. The molecule has 0 amide bonds. The van der Waals surface area contributed by atoms with Gasteiger partial charge in [0.05, 0.1) is 5.69 Å². The van der Waals surface area contributed by atoms with Crippen molar-refractivity contribution in [2.75, 3.05) is 9.80 Å². The summed E-state index contributed by atoms with van der Waals surface area (Å²) in [5.41, 5.74) is 21.2. The first-order valence-electron chi connectivity index (χ1n) is 21.9. The smallest absolute Gasteiger partial charge is 0.0543 e. The van der Waals surface area contributed by atoms with Crippen LogP contribution in [0.25, 0.3) is 39.0 Å². The lowest BCUT2D eigenvalue weighted by Crippen LogP contribution is -2.18. The van der Waals surface area contributed by atoms with Crippen LogP contribution in [0.5, 0.6) is 0 Å². The van der Waals surface area contributed by atoms with E-state index in [9.17, 15) is 0 Å². The van der Waals surface area contributed by atoms with Gasteiger partial charge < -0.3 is 9.80 Å². The monoisotopic (exact) mass is 810 g/mol. The van der Waals surface area contributed by atoms with Gasteiger partial charge in [0, 0.05) is 44.8 Å². The van der Waals surface area contributed by atoms with Gasteiger partial charge in [-0.3, -0.25) is 0 Å². The number of allylic oxidation sites excluding steroid dienone is 4. The quantitative estimate of drug-likeness (QED) is 0.106. The molecule has 0 saturated heterocycles. The summed E-state index contributed by atoms with van der Waals surface area (Å²) < 4.78 is 0. The van der Waals surface area contributed by atoms with Crippen molar-refractivity contribution in [2.24, 2.45) is 0 Å². The molecule has 0 N–H and O–H groups in total. The van der Waals surface area contributed by atoms with Crippen LogP contribution in [0.2, 0.25) is 0 Å². The molecule has 2 aliphatic carbocycles. The first-order valence-corrected chi connectivity index (χ1v) is 21.9. The van der Waals surface area contributed by atoms with Crippen LogP contribution in [0.15, 0.2) is 206 Å². The SMILES string of the molecule is C#C/C=C(\C=C/C)c1ccc(N(c2ccc3c(c2)C(C)(C)c2ccccc2-3)c2cc3c(cc2-c2ccc(N(c4ccccc4)c4ccccc4)cc2)-c2ccccc2C3(C)C)cc1. The van der Waals surface area contributed by atoms with E-state index in [1.54, 1.807) is 0 Å². The summed E-state index contributed by atoms with van der Waals surface area (Å²) in [6, 6.07) is 69.0. The van der Waals surface area contributed by atoms with Crippen molar-refractivity contribution >= 4 is 39.7 Å². The summed E-state index contributed by atoms with van der Waals surface area (Å²) >= 11 is 0. The van der Waals surface area contributed by atoms with E-state index in [1.165, 1.54) is 44.5 Å². The van der Waals surface area contributed by atoms with Crippen LogP contribution in [0, 0.1) is 12.3 Å². The molecule has 2 nitrogen and oxygen atoms in total. The Hall–Kier alpha value is -7.60.